The standard InChI is InChI=1S/C47H52N2O4/c1-46(2)41(48(31-17-8-12-26-43(51)52)39-29-27-35-20-13-15-22-37(35)44(39)46)24-10-6-5-7-11-25-42-47(3,4)45-38-23-16-14-21-36(38)28-30-40(45)49(42)32-18-9-19-33-53-34-50/h5-7,10-11,13-16,20-25,27-30,34H,8-9,12,17-19,26,31-33H2,1-4H3/p+1. The summed E-state index contributed by atoms with van der Waals surface area (Å²) >= 11 is 0. The fraction of sp³-hybridized carbons (Fsp3) is 0.340. The summed E-state index contributed by atoms with van der Waals surface area (Å²) in [5, 5.41) is 14.2. The monoisotopic (exact) mass is 709 g/mol. The Kier molecular flexibility index (Phi) is 11.8. The van der Waals surface area contributed by atoms with Gasteiger partial charge in [0.2, 0.25) is 5.69 Å². The Hall–Kier alpha value is -5.23. The van der Waals surface area contributed by atoms with Crippen LogP contribution in [-0.4, -0.2) is 47.5 Å². The zero-order valence-electron chi connectivity index (χ0n) is 31.7. The highest BCUT2D eigenvalue weighted by Crippen LogP contribution is 2.51. The molecular weight excluding hydrogens is 657 g/mol. The molecule has 2 aliphatic rings. The minimum Gasteiger partial charge on any atom is -0.481 e. The fourth-order valence-electron chi connectivity index (χ4n) is 8.44. The Bertz CT molecular complexity index is 2130. The largest absolute Gasteiger partial charge is 0.481 e. The number of benzene rings is 4. The number of carbonyl (C=O) groups excluding carboxylic acids is 1. The third kappa shape index (κ3) is 7.92. The van der Waals surface area contributed by atoms with Gasteiger partial charge in [0.15, 0.2) is 5.71 Å². The van der Waals surface area contributed by atoms with Crippen LogP contribution in [0.1, 0.15) is 83.8 Å². The first-order chi connectivity index (χ1) is 25.7. The second-order valence-electron chi connectivity index (χ2n) is 15.2. The van der Waals surface area contributed by atoms with Crippen LogP contribution in [-0.2, 0) is 25.2 Å². The molecular formula is C47H53N2O4+. The first-order valence-electron chi connectivity index (χ1n) is 19.1. The van der Waals surface area contributed by atoms with E-state index in [1.54, 1.807) is 0 Å². The van der Waals surface area contributed by atoms with Gasteiger partial charge in [-0.25, -0.2) is 0 Å². The van der Waals surface area contributed by atoms with E-state index in [4.69, 9.17) is 9.84 Å². The summed E-state index contributed by atoms with van der Waals surface area (Å²) in [5.74, 6) is -0.728. The molecule has 0 aromatic heterocycles. The van der Waals surface area contributed by atoms with Crippen molar-refractivity contribution in [3.05, 3.63) is 132 Å². The molecule has 53 heavy (non-hydrogen) atoms. The lowest BCUT2D eigenvalue weighted by molar-refractivity contribution is -0.438. The summed E-state index contributed by atoms with van der Waals surface area (Å²) in [7, 11) is 0. The molecule has 0 unspecified atom stereocenters. The number of carbonyl (C=O) groups is 2. The van der Waals surface area contributed by atoms with Gasteiger partial charge in [0.05, 0.1) is 12.0 Å². The Morgan fingerprint density at radius 2 is 1.40 bits per heavy atom. The normalized spacial score (nSPS) is 16.9. The summed E-state index contributed by atoms with van der Waals surface area (Å²) in [6, 6.07) is 26.3. The van der Waals surface area contributed by atoms with Gasteiger partial charge in [-0.05, 0) is 84.8 Å². The lowest BCUT2D eigenvalue weighted by Gasteiger charge is -2.27. The van der Waals surface area contributed by atoms with Crippen LogP contribution in [0.5, 0.6) is 0 Å². The van der Waals surface area contributed by atoms with E-state index in [0.29, 0.717) is 19.5 Å². The first-order valence-corrected chi connectivity index (χ1v) is 19.1. The smallest absolute Gasteiger partial charge is 0.303 e. The number of hydrogen-bond acceptors (Lipinski definition) is 4. The van der Waals surface area contributed by atoms with Crippen molar-refractivity contribution in [2.24, 2.45) is 0 Å². The average molecular weight is 710 g/mol. The van der Waals surface area contributed by atoms with Gasteiger partial charge in [-0.3, -0.25) is 9.59 Å². The number of aliphatic carboxylic acids is 1. The topological polar surface area (TPSA) is 69.8 Å². The lowest BCUT2D eigenvalue weighted by atomic mass is 9.79. The zero-order valence-corrected chi connectivity index (χ0v) is 31.7. The summed E-state index contributed by atoms with van der Waals surface area (Å²) in [5.41, 5.74) is 7.40. The van der Waals surface area contributed by atoms with Gasteiger partial charge in [0.25, 0.3) is 6.47 Å². The van der Waals surface area contributed by atoms with Gasteiger partial charge in [-0.1, -0.05) is 105 Å². The number of unbranched alkanes of at least 4 members (excludes halogenated alkanes) is 4. The Morgan fingerprint density at radius 1 is 0.736 bits per heavy atom. The van der Waals surface area contributed by atoms with Crippen molar-refractivity contribution in [3.8, 4) is 0 Å². The molecule has 0 saturated heterocycles. The van der Waals surface area contributed by atoms with Crippen molar-refractivity contribution in [3.63, 3.8) is 0 Å². The van der Waals surface area contributed by atoms with Crippen molar-refractivity contribution < 1.29 is 24.0 Å². The predicted octanol–water partition coefficient (Wildman–Crippen LogP) is 10.7. The van der Waals surface area contributed by atoms with E-state index in [0.717, 1.165) is 45.2 Å². The Balaban J connectivity index is 1.23. The second kappa shape index (κ2) is 16.6. The molecule has 0 bridgehead atoms. The molecule has 2 heterocycles. The highest BCUT2D eigenvalue weighted by molar-refractivity contribution is 6.07. The molecule has 0 amide bonds. The quantitative estimate of drug-likeness (QED) is 0.0511. The van der Waals surface area contributed by atoms with E-state index < -0.39 is 5.97 Å². The van der Waals surface area contributed by atoms with Crippen LogP contribution >= 0.6 is 0 Å². The third-order valence-corrected chi connectivity index (χ3v) is 10.9. The molecule has 1 N–H and O–H groups in total. The SMILES string of the molecule is CC1(C)C(/C=C/C=C/C=C/C=C2/N(CCCCCC(=O)O)c3ccc4ccccc4c3C2(C)C)=[N+](CCCCCOC=O)c2ccc3ccccc3c21. The summed E-state index contributed by atoms with van der Waals surface area (Å²) in [6.45, 7) is 12.0. The van der Waals surface area contributed by atoms with Gasteiger partial charge < -0.3 is 14.7 Å². The van der Waals surface area contributed by atoms with Crippen LogP contribution in [0.4, 0.5) is 11.4 Å². The number of nitrogens with zero attached hydrogens (tertiary/aromatic N) is 2. The lowest BCUT2D eigenvalue weighted by Crippen LogP contribution is -2.28. The molecule has 0 spiro atoms. The van der Waals surface area contributed by atoms with Crippen LogP contribution in [0.25, 0.3) is 21.5 Å². The summed E-state index contributed by atoms with van der Waals surface area (Å²) < 4.78 is 7.40. The van der Waals surface area contributed by atoms with E-state index in [2.05, 4.69) is 152 Å². The summed E-state index contributed by atoms with van der Waals surface area (Å²) in [4.78, 5) is 24.1. The van der Waals surface area contributed by atoms with Crippen LogP contribution < -0.4 is 4.90 Å². The van der Waals surface area contributed by atoms with Gasteiger partial charge >= 0.3 is 5.97 Å². The van der Waals surface area contributed by atoms with Crippen LogP contribution in [0.15, 0.2) is 121 Å². The number of anilines is 1. The van der Waals surface area contributed by atoms with Crippen molar-refractivity contribution >= 4 is 51.1 Å². The number of carboxylic acid groups (broad SMARTS) is 1. The second-order valence-corrected chi connectivity index (χ2v) is 15.2. The molecule has 0 fully saturated rings. The predicted molar refractivity (Wildman–Crippen MR) is 219 cm³/mol. The maximum Gasteiger partial charge on any atom is 0.303 e. The first kappa shape index (κ1) is 37.5. The van der Waals surface area contributed by atoms with Crippen LogP contribution in [0.2, 0.25) is 0 Å². The van der Waals surface area contributed by atoms with Crippen molar-refractivity contribution in [1.82, 2.24) is 0 Å². The van der Waals surface area contributed by atoms with E-state index in [1.165, 1.54) is 55.5 Å². The van der Waals surface area contributed by atoms with Gasteiger partial charge in [-0.2, -0.15) is 4.58 Å². The fourth-order valence-corrected chi connectivity index (χ4v) is 8.44. The number of allylic oxidation sites excluding steroid dienone is 8. The number of hydrogen-bond donors (Lipinski definition) is 1. The number of rotatable bonds is 17. The third-order valence-electron chi connectivity index (χ3n) is 10.9. The van der Waals surface area contributed by atoms with Gasteiger partial charge in [-0.15, -0.1) is 0 Å². The highest BCUT2D eigenvalue weighted by Gasteiger charge is 2.45. The van der Waals surface area contributed by atoms with E-state index >= 15 is 0 Å². The van der Waals surface area contributed by atoms with E-state index in [-0.39, 0.29) is 17.3 Å². The molecule has 4 aromatic rings. The average Bonchev–Trinajstić information content (AvgIpc) is 3.50. The number of fused-ring (bicyclic) bond motifs is 6. The van der Waals surface area contributed by atoms with Crippen molar-refractivity contribution in [2.45, 2.75) is 83.5 Å². The van der Waals surface area contributed by atoms with E-state index in [9.17, 15) is 9.59 Å². The van der Waals surface area contributed by atoms with E-state index in [1.807, 2.05) is 0 Å². The maximum atomic E-state index is 11.1. The minimum absolute atomic E-state index is 0.175. The molecule has 274 valence electrons. The molecule has 6 rings (SSSR count). The molecule has 0 atom stereocenters. The number of carboxylic acids is 1. The molecule has 0 radical (unpaired) electrons. The van der Waals surface area contributed by atoms with Crippen molar-refractivity contribution in [1.29, 1.82) is 0 Å². The minimum atomic E-state index is -0.728. The van der Waals surface area contributed by atoms with Crippen molar-refractivity contribution in [2.75, 3.05) is 24.6 Å². The number of ether oxygens (including phenoxy) is 1. The molecule has 0 saturated carbocycles. The Labute approximate surface area is 314 Å². The molecule has 2 aliphatic heterocycles. The van der Waals surface area contributed by atoms with Crippen LogP contribution in [0, 0.1) is 0 Å². The van der Waals surface area contributed by atoms with Crippen LogP contribution in [0.3, 0.4) is 0 Å². The van der Waals surface area contributed by atoms with Gasteiger partial charge in [0, 0.05) is 53.9 Å². The molecule has 4 aromatic carbocycles. The maximum absolute atomic E-state index is 11.1. The summed E-state index contributed by atoms with van der Waals surface area (Å²) in [6.07, 6.45) is 20.7. The molecule has 6 nitrogen and oxygen atoms in total. The highest BCUT2D eigenvalue weighted by atomic mass is 16.5. The molecule has 6 heteroatoms. The zero-order chi connectivity index (χ0) is 37.4. The Morgan fingerprint density at radius 3 is 2.13 bits per heavy atom. The molecule has 0 aliphatic carbocycles. The van der Waals surface area contributed by atoms with Gasteiger partial charge in [0.1, 0.15) is 6.54 Å².